The summed E-state index contributed by atoms with van der Waals surface area (Å²) < 4.78 is 0. The van der Waals surface area contributed by atoms with E-state index in [-0.39, 0.29) is 6.04 Å². The number of unbranched alkanes of at least 4 members (excludes halogenated alkanes) is 5. The Morgan fingerprint density at radius 3 is 2.62 bits per heavy atom. The van der Waals surface area contributed by atoms with E-state index in [0.717, 1.165) is 13.0 Å². The summed E-state index contributed by atoms with van der Waals surface area (Å²) in [5, 5.41) is 3.36. The van der Waals surface area contributed by atoms with Gasteiger partial charge in [-0.15, -0.1) is 0 Å². The maximum atomic E-state index is 5.82. The van der Waals surface area contributed by atoms with E-state index in [2.05, 4.69) is 17.2 Å². The molecule has 0 amide bonds. The average molecular weight is 225 g/mol. The van der Waals surface area contributed by atoms with Gasteiger partial charge in [-0.25, -0.2) is 0 Å². The average Bonchev–Trinajstić information content (AvgIpc) is 2.72. The van der Waals surface area contributed by atoms with Crippen LogP contribution in [0.2, 0.25) is 0 Å². The Balaban J connectivity index is 2.03. The second-order valence-corrected chi connectivity index (χ2v) is 4.90. The number of hydrogen-bond donors (Lipinski definition) is 2. The lowest BCUT2D eigenvalue weighted by Crippen LogP contribution is -2.33. The standard InChI is InChI=1S/C13H27N3/c1-3-4-5-6-7-8-9-13-15-10-12(16-13)11(2)14/h11-12H,3-10,14H2,1-2H3,(H,15,16). The number of hydrogen-bond acceptors (Lipinski definition) is 3. The Morgan fingerprint density at radius 2 is 2.00 bits per heavy atom. The molecule has 2 unspecified atom stereocenters. The van der Waals surface area contributed by atoms with Gasteiger partial charge in [0.15, 0.2) is 0 Å². The first-order chi connectivity index (χ1) is 7.74. The molecule has 94 valence electrons. The minimum Gasteiger partial charge on any atom is -0.372 e. The first-order valence-electron chi connectivity index (χ1n) is 6.80. The maximum Gasteiger partial charge on any atom is 0.0968 e. The Hall–Kier alpha value is -0.570. The fourth-order valence-electron chi connectivity index (χ4n) is 2.04. The molecule has 3 nitrogen and oxygen atoms in total. The number of aliphatic imine (C=N–C) groups is 1. The SMILES string of the molecule is CCCCCCCCC1=NC(C(C)N)CN1. The lowest BCUT2D eigenvalue weighted by atomic mass is 10.1. The van der Waals surface area contributed by atoms with E-state index in [9.17, 15) is 0 Å². The minimum atomic E-state index is 0.176. The Bertz CT molecular complexity index is 211. The van der Waals surface area contributed by atoms with Crippen LogP contribution in [0.5, 0.6) is 0 Å². The van der Waals surface area contributed by atoms with Crippen molar-refractivity contribution in [3.05, 3.63) is 0 Å². The Kier molecular flexibility index (Phi) is 6.46. The van der Waals surface area contributed by atoms with Crippen LogP contribution in [0.15, 0.2) is 4.99 Å². The highest BCUT2D eigenvalue weighted by atomic mass is 15.1. The van der Waals surface area contributed by atoms with Crippen molar-refractivity contribution in [2.45, 2.75) is 70.9 Å². The summed E-state index contributed by atoms with van der Waals surface area (Å²) in [6, 6.07) is 0.477. The van der Waals surface area contributed by atoms with Crippen LogP contribution < -0.4 is 11.1 Å². The van der Waals surface area contributed by atoms with E-state index in [4.69, 9.17) is 5.73 Å². The molecule has 0 bridgehead atoms. The zero-order valence-electron chi connectivity index (χ0n) is 10.8. The molecular formula is C13H27N3. The van der Waals surface area contributed by atoms with Gasteiger partial charge in [0.1, 0.15) is 0 Å². The molecule has 1 aliphatic heterocycles. The lowest BCUT2D eigenvalue weighted by Gasteiger charge is -2.08. The summed E-state index contributed by atoms with van der Waals surface area (Å²) in [6.07, 6.45) is 9.17. The van der Waals surface area contributed by atoms with Crippen LogP contribution in [-0.2, 0) is 0 Å². The number of rotatable bonds is 8. The monoisotopic (exact) mass is 225 g/mol. The molecule has 3 heteroatoms. The van der Waals surface area contributed by atoms with Gasteiger partial charge in [-0.3, -0.25) is 4.99 Å². The molecule has 2 atom stereocenters. The van der Waals surface area contributed by atoms with Crippen LogP contribution in [0.3, 0.4) is 0 Å². The highest BCUT2D eigenvalue weighted by molar-refractivity contribution is 5.83. The second kappa shape index (κ2) is 7.66. The predicted molar refractivity (Wildman–Crippen MR) is 70.9 cm³/mol. The molecule has 0 saturated heterocycles. The van der Waals surface area contributed by atoms with E-state index < -0.39 is 0 Å². The van der Waals surface area contributed by atoms with Crippen molar-refractivity contribution in [1.82, 2.24) is 5.32 Å². The van der Waals surface area contributed by atoms with Crippen molar-refractivity contribution in [2.24, 2.45) is 10.7 Å². The topological polar surface area (TPSA) is 50.4 Å². The summed E-state index contributed by atoms with van der Waals surface area (Å²) >= 11 is 0. The second-order valence-electron chi connectivity index (χ2n) is 4.90. The van der Waals surface area contributed by atoms with Crippen molar-refractivity contribution in [3.63, 3.8) is 0 Å². The summed E-state index contributed by atoms with van der Waals surface area (Å²) in [6.45, 7) is 5.22. The van der Waals surface area contributed by atoms with Gasteiger partial charge in [0, 0.05) is 19.0 Å². The van der Waals surface area contributed by atoms with Crippen LogP contribution in [0, 0.1) is 0 Å². The zero-order valence-corrected chi connectivity index (χ0v) is 10.8. The maximum absolute atomic E-state index is 5.82. The number of amidine groups is 1. The summed E-state index contributed by atoms with van der Waals surface area (Å²) in [4.78, 5) is 4.60. The first kappa shape index (κ1) is 13.5. The van der Waals surface area contributed by atoms with E-state index >= 15 is 0 Å². The highest BCUT2D eigenvalue weighted by Gasteiger charge is 2.19. The molecule has 1 rings (SSSR count). The van der Waals surface area contributed by atoms with Gasteiger partial charge in [0.2, 0.25) is 0 Å². The molecule has 0 aromatic heterocycles. The quantitative estimate of drug-likeness (QED) is 0.623. The highest BCUT2D eigenvalue weighted by Crippen LogP contribution is 2.10. The summed E-state index contributed by atoms with van der Waals surface area (Å²) in [7, 11) is 0. The summed E-state index contributed by atoms with van der Waals surface area (Å²) in [5.74, 6) is 1.18. The van der Waals surface area contributed by atoms with Crippen LogP contribution in [0.4, 0.5) is 0 Å². The molecule has 0 spiro atoms. The molecule has 0 fully saturated rings. The third kappa shape index (κ3) is 4.97. The van der Waals surface area contributed by atoms with Crippen LogP contribution >= 0.6 is 0 Å². The van der Waals surface area contributed by atoms with E-state index in [1.165, 1.54) is 44.4 Å². The third-order valence-electron chi connectivity index (χ3n) is 3.21. The van der Waals surface area contributed by atoms with E-state index in [1.54, 1.807) is 0 Å². The Labute approximate surface area is 99.9 Å². The lowest BCUT2D eigenvalue weighted by molar-refractivity contribution is 0.580. The van der Waals surface area contributed by atoms with Gasteiger partial charge in [-0.1, -0.05) is 39.0 Å². The number of nitrogens with one attached hydrogen (secondary N) is 1. The normalized spacial score (nSPS) is 21.7. The smallest absolute Gasteiger partial charge is 0.0968 e. The molecular weight excluding hydrogens is 198 g/mol. The van der Waals surface area contributed by atoms with Crippen LogP contribution in [0.1, 0.15) is 58.8 Å². The van der Waals surface area contributed by atoms with Crippen molar-refractivity contribution in [1.29, 1.82) is 0 Å². The van der Waals surface area contributed by atoms with E-state index in [1.807, 2.05) is 6.92 Å². The molecule has 0 aromatic carbocycles. The zero-order chi connectivity index (χ0) is 11.8. The molecule has 0 radical (unpaired) electrons. The molecule has 1 aliphatic rings. The molecule has 3 N–H and O–H groups in total. The fraction of sp³-hybridized carbons (Fsp3) is 0.923. The van der Waals surface area contributed by atoms with Crippen molar-refractivity contribution in [3.8, 4) is 0 Å². The van der Waals surface area contributed by atoms with Gasteiger partial charge in [-0.2, -0.15) is 0 Å². The van der Waals surface area contributed by atoms with Gasteiger partial charge in [0.05, 0.1) is 11.9 Å². The van der Waals surface area contributed by atoms with Gasteiger partial charge >= 0.3 is 0 Å². The fourth-order valence-corrected chi connectivity index (χ4v) is 2.04. The van der Waals surface area contributed by atoms with Gasteiger partial charge in [0.25, 0.3) is 0 Å². The largest absolute Gasteiger partial charge is 0.372 e. The van der Waals surface area contributed by atoms with Gasteiger partial charge < -0.3 is 11.1 Å². The predicted octanol–water partition coefficient (Wildman–Crippen LogP) is 2.45. The van der Waals surface area contributed by atoms with Gasteiger partial charge in [-0.05, 0) is 13.3 Å². The number of nitrogens with zero attached hydrogens (tertiary/aromatic N) is 1. The molecule has 0 aromatic rings. The third-order valence-corrected chi connectivity index (χ3v) is 3.21. The molecule has 16 heavy (non-hydrogen) atoms. The molecule has 0 saturated carbocycles. The first-order valence-corrected chi connectivity index (χ1v) is 6.80. The van der Waals surface area contributed by atoms with Crippen molar-refractivity contribution < 1.29 is 0 Å². The minimum absolute atomic E-state index is 0.176. The van der Waals surface area contributed by atoms with Crippen molar-refractivity contribution in [2.75, 3.05) is 6.54 Å². The Morgan fingerprint density at radius 1 is 1.31 bits per heavy atom. The van der Waals surface area contributed by atoms with Crippen LogP contribution in [0.25, 0.3) is 0 Å². The summed E-state index contributed by atoms with van der Waals surface area (Å²) in [5.41, 5.74) is 5.82. The molecule has 0 aliphatic carbocycles. The van der Waals surface area contributed by atoms with Crippen molar-refractivity contribution >= 4 is 5.84 Å². The van der Waals surface area contributed by atoms with E-state index in [0.29, 0.717) is 6.04 Å². The molecule has 1 heterocycles. The number of nitrogens with two attached hydrogens (primary N) is 1. The van der Waals surface area contributed by atoms with Crippen LogP contribution in [-0.4, -0.2) is 24.5 Å².